The van der Waals surface area contributed by atoms with Crippen LogP contribution in [0.15, 0.2) is 12.3 Å². The van der Waals surface area contributed by atoms with Gasteiger partial charge in [-0.15, -0.1) is 0 Å². The van der Waals surface area contributed by atoms with Gasteiger partial charge in [0.1, 0.15) is 5.15 Å². The van der Waals surface area contributed by atoms with E-state index in [1.54, 1.807) is 6.07 Å². The normalized spacial score (nSPS) is 9.56. The summed E-state index contributed by atoms with van der Waals surface area (Å²) in [4.78, 5) is 3.81. The van der Waals surface area contributed by atoms with Gasteiger partial charge in [-0.3, -0.25) is 0 Å². The van der Waals surface area contributed by atoms with Gasteiger partial charge in [-0.05, 0) is 28.7 Å². The van der Waals surface area contributed by atoms with Crippen molar-refractivity contribution in [3.63, 3.8) is 0 Å². The van der Waals surface area contributed by atoms with Crippen molar-refractivity contribution in [1.29, 1.82) is 0 Å². The van der Waals surface area contributed by atoms with Crippen molar-refractivity contribution in [3.8, 4) is 0 Å². The van der Waals surface area contributed by atoms with Gasteiger partial charge in [0.25, 0.3) is 0 Å². The Morgan fingerprint density at radius 3 is 2.78 bits per heavy atom. The second-order valence-corrected chi connectivity index (χ2v) is 3.06. The van der Waals surface area contributed by atoms with Gasteiger partial charge in [-0.1, -0.05) is 11.6 Å². The molecule has 0 atom stereocenters. The summed E-state index contributed by atoms with van der Waals surface area (Å²) >= 11 is 7.68. The number of pyridine rings is 1. The lowest BCUT2D eigenvalue weighted by Crippen LogP contribution is -1.87. The van der Waals surface area contributed by atoms with Gasteiger partial charge in [0.05, 0.1) is 15.5 Å². The highest BCUT2D eigenvalue weighted by Gasteiger charge is 1.95. The molecule has 0 bridgehead atoms. The van der Waals surface area contributed by atoms with Gasteiger partial charge in [0.15, 0.2) is 0 Å². The molecule has 0 aromatic carbocycles. The molecule has 2 nitrogen and oxygen atoms in total. The Morgan fingerprint density at radius 1 is 1.67 bits per heavy atom. The zero-order chi connectivity index (χ0) is 6.85. The summed E-state index contributed by atoms with van der Waals surface area (Å²) in [6, 6.07) is 1.77. The first-order valence-electron chi connectivity index (χ1n) is 2.26. The molecule has 1 rings (SSSR count). The van der Waals surface area contributed by atoms with Crippen molar-refractivity contribution in [3.05, 3.63) is 21.0 Å². The lowest BCUT2D eigenvalue weighted by atomic mass is 10.4. The molecule has 0 saturated heterocycles. The van der Waals surface area contributed by atoms with Gasteiger partial charge >= 0.3 is 0 Å². The van der Waals surface area contributed by atoms with Crippen molar-refractivity contribution in [2.75, 3.05) is 5.73 Å². The molecule has 1 heterocycles. The van der Waals surface area contributed by atoms with Gasteiger partial charge in [-0.2, -0.15) is 0 Å². The Hall–Kier alpha value is -0.0300. The van der Waals surface area contributed by atoms with Crippen LogP contribution in [0.2, 0.25) is 5.15 Å². The number of nitrogens with zero attached hydrogens (tertiary/aromatic N) is 1. The number of hydrogen-bond acceptors (Lipinski definition) is 2. The smallest absolute Gasteiger partial charge is 0.142 e. The summed E-state index contributed by atoms with van der Waals surface area (Å²) in [5.41, 5.74) is 6.04. The summed E-state index contributed by atoms with van der Waals surface area (Å²) in [5.74, 6) is 0. The third kappa shape index (κ3) is 1.69. The minimum atomic E-state index is 0.504. The van der Waals surface area contributed by atoms with Crippen molar-refractivity contribution >= 4 is 39.9 Å². The summed E-state index contributed by atoms with van der Waals surface area (Å²) in [6.45, 7) is 0. The van der Waals surface area contributed by atoms with Crippen LogP contribution in [0.1, 0.15) is 0 Å². The Bertz CT molecular complexity index is 226. The van der Waals surface area contributed by atoms with Gasteiger partial charge in [-0.25, -0.2) is 4.98 Å². The summed E-state index contributed by atoms with van der Waals surface area (Å²) in [6.07, 6.45) is 1.53. The van der Waals surface area contributed by atoms with E-state index in [2.05, 4.69) is 27.6 Å². The zero-order valence-corrected chi connectivity index (χ0v) is 7.35. The average molecular weight is 254 g/mol. The number of nitrogen functional groups attached to an aromatic ring is 1. The Labute approximate surface area is 71.6 Å². The number of rotatable bonds is 0. The molecule has 0 amide bonds. The first kappa shape index (κ1) is 7.08. The predicted octanol–water partition coefficient (Wildman–Crippen LogP) is 1.92. The monoisotopic (exact) mass is 254 g/mol. The molecule has 0 aliphatic carbocycles. The van der Waals surface area contributed by atoms with Crippen molar-refractivity contribution < 1.29 is 0 Å². The van der Waals surface area contributed by atoms with E-state index in [4.69, 9.17) is 17.3 Å². The Balaban J connectivity index is 3.17. The van der Waals surface area contributed by atoms with Crippen LogP contribution in [-0.4, -0.2) is 4.98 Å². The zero-order valence-electron chi connectivity index (χ0n) is 4.44. The molecule has 48 valence electrons. The van der Waals surface area contributed by atoms with E-state index >= 15 is 0 Å². The highest BCUT2D eigenvalue weighted by atomic mass is 127. The largest absolute Gasteiger partial charge is 0.397 e. The molecule has 0 radical (unpaired) electrons. The lowest BCUT2D eigenvalue weighted by Gasteiger charge is -1.93. The summed E-state index contributed by atoms with van der Waals surface area (Å²) < 4.78 is 0.884. The van der Waals surface area contributed by atoms with Gasteiger partial charge < -0.3 is 5.73 Å². The first-order valence-corrected chi connectivity index (χ1v) is 3.72. The van der Waals surface area contributed by atoms with Crippen molar-refractivity contribution in [1.82, 2.24) is 4.98 Å². The predicted molar refractivity (Wildman–Crippen MR) is 46.4 cm³/mol. The van der Waals surface area contributed by atoms with Crippen LogP contribution in [0.3, 0.4) is 0 Å². The molecule has 2 N–H and O–H groups in total. The van der Waals surface area contributed by atoms with Crippen LogP contribution >= 0.6 is 34.2 Å². The van der Waals surface area contributed by atoms with Gasteiger partial charge in [0.2, 0.25) is 0 Å². The van der Waals surface area contributed by atoms with E-state index in [0.29, 0.717) is 10.8 Å². The maximum Gasteiger partial charge on any atom is 0.142 e. The SMILES string of the molecule is Nc1cnc(Cl)c(I)c1. The van der Waals surface area contributed by atoms with Crippen LogP contribution in [0.5, 0.6) is 0 Å². The minimum absolute atomic E-state index is 0.504. The molecule has 9 heavy (non-hydrogen) atoms. The van der Waals surface area contributed by atoms with Crippen LogP contribution in [0, 0.1) is 3.57 Å². The van der Waals surface area contributed by atoms with Crippen LogP contribution in [0.4, 0.5) is 5.69 Å². The number of aromatic nitrogens is 1. The molecule has 0 aliphatic heterocycles. The Kier molecular flexibility index (Phi) is 2.13. The van der Waals surface area contributed by atoms with Crippen LogP contribution in [-0.2, 0) is 0 Å². The van der Waals surface area contributed by atoms with Crippen molar-refractivity contribution in [2.24, 2.45) is 0 Å². The summed E-state index contributed by atoms with van der Waals surface area (Å²) in [7, 11) is 0. The molecule has 1 aromatic rings. The summed E-state index contributed by atoms with van der Waals surface area (Å²) in [5, 5.41) is 0.504. The fraction of sp³-hybridized carbons (Fsp3) is 0. The fourth-order valence-electron chi connectivity index (χ4n) is 0.436. The fourth-order valence-corrected chi connectivity index (χ4v) is 1.04. The van der Waals surface area contributed by atoms with E-state index < -0.39 is 0 Å². The number of halogens is 2. The third-order valence-corrected chi connectivity index (χ3v) is 2.26. The molecule has 0 spiro atoms. The topological polar surface area (TPSA) is 38.9 Å². The van der Waals surface area contributed by atoms with E-state index in [0.717, 1.165) is 3.57 Å². The van der Waals surface area contributed by atoms with Gasteiger partial charge in [0, 0.05) is 0 Å². The van der Waals surface area contributed by atoms with Crippen LogP contribution in [0.25, 0.3) is 0 Å². The van der Waals surface area contributed by atoms with Crippen LogP contribution < -0.4 is 5.73 Å². The second-order valence-electron chi connectivity index (χ2n) is 1.54. The van der Waals surface area contributed by atoms with E-state index in [-0.39, 0.29) is 0 Å². The standard InChI is InChI=1S/C5H4ClIN2/c6-5-4(7)1-3(8)2-9-5/h1-2H,8H2. The second kappa shape index (κ2) is 2.70. The molecular formula is C5H4ClIN2. The molecule has 0 aliphatic rings. The highest BCUT2D eigenvalue weighted by molar-refractivity contribution is 14.1. The van der Waals surface area contributed by atoms with E-state index in [1.165, 1.54) is 6.20 Å². The third-order valence-electron chi connectivity index (χ3n) is 0.817. The minimum Gasteiger partial charge on any atom is -0.397 e. The Morgan fingerprint density at radius 2 is 2.33 bits per heavy atom. The first-order chi connectivity index (χ1) is 4.20. The number of anilines is 1. The highest BCUT2D eigenvalue weighted by Crippen LogP contribution is 2.16. The lowest BCUT2D eigenvalue weighted by molar-refractivity contribution is 1.31. The molecule has 0 unspecified atom stereocenters. The molecule has 0 saturated carbocycles. The maximum absolute atomic E-state index is 5.61. The van der Waals surface area contributed by atoms with E-state index in [9.17, 15) is 0 Å². The van der Waals surface area contributed by atoms with Crippen molar-refractivity contribution in [2.45, 2.75) is 0 Å². The molecular weight excluding hydrogens is 250 g/mol. The molecule has 0 fully saturated rings. The number of nitrogens with two attached hydrogens (primary N) is 1. The molecule has 1 aromatic heterocycles. The quantitative estimate of drug-likeness (QED) is 0.567. The maximum atomic E-state index is 5.61. The molecule has 4 heteroatoms. The average Bonchev–Trinajstić information content (AvgIpc) is 1.80. The number of hydrogen-bond donors (Lipinski definition) is 1. The van der Waals surface area contributed by atoms with E-state index in [1.807, 2.05) is 0 Å².